The van der Waals surface area contributed by atoms with Gasteiger partial charge in [-0.05, 0) is 24.3 Å². The van der Waals surface area contributed by atoms with Gasteiger partial charge in [-0.3, -0.25) is 14.5 Å². The average molecular weight is 298 g/mol. The number of methoxy groups -OCH3 is 1. The zero-order chi connectivity index (χ0) is 14.8. The van der Waals surface area contributed by atoms with E-state index in [0.29, 0.717) is 11.4 Å². The van der Waals surface area contributed by atoms with Gasteiger partial charge in [0, 0.05) is 20.4 Å². The van der Waals surface area contributed by atoms with Crippen molar-refractivity contribution in [3.8, 4) is 11.4 Å². The summed E-state index contributed by atoms with van der Waals surface area (Å²) in [6.45, 7) is 0. The van der Waals surface area contributed by atoms with Gasteiger partial charge in [0.25, 0.3) is 5.56 Å². The molecule has 0 aliphatic rings. The van der Waals surface area contributed by atoms with Crippen LogP contribution in [0.15, 0.2) is 35.3 Å². The number of nitrogens with one attached hydrogen (secondary N) is 1. The largest absolute Gasteiger partial charge is 0.497 e. The Labute approximate surface area is 115 Å². The first-order valence-electron chi connectivity index (χ1n) is 5.72. The lowest BCUT2D eigenvalue weighted by Gasteiger charge is -2.09. The number of ether oxygens (including phenoxy) is 1. The van der Waals surface area contributed by atoms with E-state index in [1.807, 2.05) is 0 Å². The number of aromatic amines is 1. The topological polar surface area (TPSA) is 82.6 Å². The van der Waals surface area contributed by atoms with E-state index in [1.54, 1.807) is 31.4 Å². The molecule has 0 aliphatic carbocycles. The zero-order valence-electron chi connectivity index (χ0n) is 11.3. The third-order valence-corrected chi connectivity index (χ3v) is 4.73. The summed E-state index contributed by atoms with van der Waals surface area (Å²) < 4.78 is 28.2. The Morgan fingerprint density at radius 3 is 2.20 bits per heavy atom. The van der Waals surface area contributed by atoms with E-state index in [2.05, 4.69) is 5.10 Å². The van der Waals surface area contributed by atoms with Gasteiger partial charge in [0.05, 0.1) is 12.8 Å². The van der Waals surface area contributed by atoms with Gasteiger partial charge in [0.1, 0.15) is 11.1 Å². The van der Waals surface area contributed by atoms with Gasteiger partial charge in [-0.2, -0.15) is 0 Å². The highest BCUT2D eigenvalue weighted by molar-refractivity contribution is 7.62. The third kappa shape index (κ3) is 2.43. The smallest absolute Gasteiger partial charge is 0.368 e. The van der Waals surface area contributed by atoms with Gasteiger partial charge >= 0.3 is 7.60 Å². The van der Waals surface area contributed by atoms with Crippen molar-refractivity contribution in [1.82, 2.24) is 9.78 Å². The Morgan fingerprint density at radius 2 is 1.70 bits per heavy atom. The predicted octanol–water partition coefficient (Wildman–Crippen LogP) is 1.29. The van der Waals surface area contributed by atoms with Crippen molar-refractivity contribution < 1.29 is 18.3 Å². The number of hydrogen-bond donors (Lipinski definition) is 1. The molecule has 20 heavy (non-hydrogen) atoms. The second-order valence-corrected chi connectivity index (χ2v) is 6.07. The molecule has 108 valence electrons. The van der Waals surface area contributed by atoms with Crippen molar-refractivity contribution in [3.05, 3.63) is 40.8 Å². The molecular formula is C12H15N2O5P. The minimum Gasteiger partial charge on any atom is -0.497 e. The van der Waals surface area contributed by atoms with E-state index in [0.717, 1.165) is 0 Å². The molecule has 1 aromatic heterocycles. The highest BCUT2D eigenvalue weighted by Crippen LogP contribution is 2.43. The maximum absolute atomic E-state index is 12.3. The summed E-state index contributed by atoms with van der Waals surface area (Å²) in [7, 11) is 0.443. The average Bonchev–Trinajstić information content (AvgIpc) is 2.89. The molecule has 0 aliphatic heterocycles. The number of rotatable bonds is 5. The van der Waals surface area contributed by atoms with Gasteiger partial charge in [-0.15, -0.1) is 0 Å². The van der Waals surface area contributed by atoms with Crippen molar-refractivity contribution in [2.45, 2.75) is 0 Å². The van der Waals surface area contributed by atoms with E-state index in [9.17, 15) is 9.36 Å². The van der Waals surface area contributed by atoms with E-state index in [-0.39, 0.29) is 5.30 Å². The van der Waals surface area contributed by atoms with Crippen LogP contribution in [0.2, 0.25) is 0 Å². The molecule has 1 N–H and O–H groups in total. The molecule has 0 radical (unpaired) electrons. The summed E-state index contributed by atoms with van der Waals surface area (Å²) in [5.41, 5.74) is 0.100. The fourth-order valence-corrected chi connectivity index (χ4v) is 2.84. The standard InChI is InChI=1S/C12H15N2O5P/c1-17-10-6-4-9(5-7-10)14-12(15)11(8-13-14)20(16,18-2)19-3/h4-8,13H,1-3H3. The molecule has 2 rings (SSSR count). The van der Waals surface area contributed by atoms with Crippen LogP contribution in [0.4, 0.5) is 0 Å². The minimum atomic E-state index is -3.58. The normalized spacial score (nSPS) is 11.6. The molecule has 1 aromatic carbocycles. The second kappa shape index (κ2) is 5.66. The van der Waals surface area contributed by atoms with Gasteiger partial charge in [0.2, 0.25) is 0 Å². The van der Waals surface area contributed by atoms with E-state index >= 15 is 0 Å². The quantitative estimate of drug-likeness (QED) is 0.841. The summed E-state index contributed by atoms with van der Waals surface area (Å²) in [6.07, 6.45) is 1.32. The summed E-state index contributed by atoms with van der Waals surface area (Å²) in [4.78, 5) is 12.3. The number of benzene rings is 1. The molecular weight excluding hydrogens is 283 g/mol. The van der Waals surface area contributed by atoms with Gasteiger partial charge < -0.3 is 13.8 Å². The Bertz CT molecular complexity index is 681. The van der Waals surface area contributed by atoms with Crippen LogP contribution in [0.5, 0.6) is 5.75 Å². The number of aromatic nitrogens is 2. The minimum absolute atomic E-state index is 0.0432. The van der Waals surface area contributed by atoms with Crippen molar-refractivity contribution in [1.29, 1.82) is 0 Å². The van der Waals surface area contributed by atoms with Crippen molar-refractivity contribution in [3.63, 3.8) is 0 Å². The van der Waals surface area contributed by atoms with Gasteiger partial charge in [-0.1, -0.05) is 0 Å². The molecule has 0 atom stereocenters. The molecule has 0 saturated heterocycles. The van der Waals surface area contributed by atoms with Crippen LogP contribution in [-0.4, -0.2) is 31.1 Å². The van der Waals surface area contributed by atoms with Crippen LogP contribution in [0, 0.1) is 0 Å². The molecule has 2 aromatic rings. The molecule has 0 unspecified atom stereocenters. The number of H-pyrrole nitrogens is 1. The SMILES string of the molecule is COc1ccc(-n2[nH]cc(P(=O)(OC)OC)c2=O)cc1. The van der Waals surface area contributed by atoms with Crippen LogP contribution in [0.1, 0.15) is 0 Å². The molecule has 0 fully saturated rings. The third-order valence-electron chi connectivity index (χ3n) is 2.86. The van der Waals surface area contributed by atoms with Crippen molar-refractivity contribution in [2.75, 3.05) is 21.3 Å². The van der Waals surface area contributed by atoms with Crippen molar-refractivity contribution in [2.24, 2.45) is 0 Å². The zero-order valence-corrected chi connectivity index (χ0v) is 12.2. The predicted molar refractivity (Wildman–Crippen MR) is 74.2 cm³/mol. The van der Waals surface area contributed by atoms with E-state index < -0.39 is 13.2 Å². The van der Waals surface area contributed by atoms with Crippen molar-refractivity contribution >= 4 is 12.9 Å². The Kier molecular flexibility index (Phi) is 4.13. The van der Waals surface area contributed by atoms with Gasteiger partial charge in [0.15, 0.2) is 0 Å². The Morgan fingerprint density at radius 1 is 1.10 bits per heavy atom. The van der Waals surface area contributed by atoms with Crippen LogP contribution in [0.3, 0.4) is 0 Å². The first-order chi connectivity index (χ1) is 9.55. The second-order valence-electron chi connectivity index (χ2n) is 3.86. The maximum atomic E-state index is 12.3. The molecule has 0 saturated carbocycles. The fourth-order valence-electron chi connectivity index (χ4n) is 1.75. The molecule has 8 heteroatoms. The highest BCUT2D eigenvalue weighted by Gasteiger charge is 2.30. The van der Waals surface area contributed by atoms with Crippen LogP contribution in [-0.2, 0) is 13.6 Å². The molecule has 7 nitrogen and oxygen atoms in total. The lowest BCUT2D eigenvalue weighted by Crippen LogP contribution is -2.28. The lowest BCUT2D eigenvalue weighted by molar-refractivity contribution is 0.287. The molecule has 0 amide bonds. The summed E-state index contributed by atoms with van der Waals surface area (Å²) in [5, 5.41) is 2.69. The van der Waals surface area contributed by atoms with Crippen LogP contribution >= 0.6 is 7.60 Å². The first-order valence-corrected chi connectivity index (χ1v) is 7.27. The fraction of sp³-hybridized carbons (Fsp3) is 0.250. The summed E-state index contributed by atoms with van der Waals surface area (Å²) in [6, 6.07) is 6.83. The summed E-state index contributed by atoms with van der Waals surface area (Å²) >= 11 is 0. The molecule has 0 spiro atoms. The Balaban J connectivity index is 2.48. The van der Waals surface area contributed by atoms with Crippen LogP contribution < -0.4 is 15.6 Å². The summed E-state index contributed by atoms with van der Waals surface area (Å²) in [5.74, 6) is 0.674. The monoisotopic (exact) mass is 298 g/mol. The molecule has 0 bridgehead atoms. The number of hydrogen-bond acceptors (Lipinski definition) is 5. The van der Waals surface area contributed by atoms with E-state index in [1.165, 1.54) is 25.1 Å². The van der Waals surface area contributed by atoms with E-state index in [4.69, 9.17) is 13.8 Å². The number of nitrogens with zero attached hydrogens (tertiary/aromatic N) is 1. The first kappa shape index (κ1) is 14.6. The highest BCUT2D eigenvalue weighted by atomic mass is 31.2. The van der Waals surface area contributed by atoms with Gasteiger partial charge in [-0.25, -0.2) is 4.68 Å². The lowest BCUT2D eigenvalue weighted by atomic mass is 10.3. The molecule has 1 heterocycles. The van der Waals surface area contributed by atoms with Crippen LogP contribution in [0.25, 0.3) is 5.69 Å². The Hall–Kier alpha value is -1.82. The maximum Gasteiger partial charge on any atom is 0.368 e.